The number of ether oxygens (including phenoxy) is 2. The molecule has 0 aromatic heterocycles. The molecule has 2 nitrogen and oxygen atoms in total. The van der Waals surface area contributed by atoms with E-state index in [1.54, 1.807) is 0 Å². The normalized spacial score (nSPS) is 14.9. The van der Waals surface area contributed by atoms with Crippen LogP contribution in [0.1, 0.15) is 22.1 Å². The van der Waals surface area contributed by atoms with Crippen molar-refractivity contribution >= 4 is 43.5 Å². The van der Waals surface area contributed by atoms with Gasteiger partial charge < -0.3 is 9.47 Å². The summed E-state index contributed by atoms with van der Waals surface area (Å²) in [4.78, 5) is 0. The van der Waals surface area contributed by atoms with Gasteiger partial charge in [-0.2, -0.15) is 0 Å². The van der Waals surface area contributed by atoms with E-state index in [1.807, 2.05) is 18.2 Å². The summed E-state index contributed by atoms with van der Waals surface area (Å²) in [6.07, 6.45) is 0. The van der Waals surface area contributed by atoms with Crippen molar-refractivity contribution in [3.05, 3.63) is 56.0 Å². The molecule has 3 rings (SSSR count). The van der Waals surface area contributed by atoms with E-state index in [0.29, 0.717) is 13.2 Å². The molecule has 0 spiro atoms. The highest BCUT2D eigenvalue weighted by molar-refractivity contribution is 9.10. The highest BCUT2D eigenvalue weighted by Gasteiger charge is 2.20. The third-order valence-corrected chi connectivity index (χ3v) is 5.45. The van der Waals surface area contributed by atoms with Gasteiger partial charge in [-0.1, -0.05) is 44.0 Å². The summed E-state index contributed by atoms with van der Waals surface area (Å²) in [5.41, 5.74) is 3.19. The molecular weight excluding hydrogens is 419 g/mol. The molecule has 0 bridgehead atoms. The van der Waals surface area contributed by atoms with E-state index in [1.165, 1.54) is 5.56 Å². The number of fused-ring (bicyclic) bond motifs is 1. The molecule has 0 saturated carbocycles. The largest absolute Gasteiger partial charge is 0.486 e. The van der Waals surface area contributed by atoms with Crippen LogP contribution in [0.25, 0.3) is 0 Å². The fourth-order valence-corrected chi connectivity index (χ4v) is 3.62. The van der Waals surface area contributed by atoms with E-state index < -0.39 is 0 Å². The van der Waals surface area contributed by atoms with Crippen molar-refractivity contribution in [2.45, 2.75) is 12.3 Å². The third kappa shape index (κ3) is 3.08. The Kier molecular flexibility index (Phi) is 4.48. The number of benzene rings is 2. The first kappa shape index (κ1) is 15.2. The molecule has 110 valence electrons. The van der Waals surface area contributed by atoms with Crippen molar-refractivity contribution in [3.8, 4) is 11.5 Å². The molecule has 1 atom stereocenters. The van der Waals surface area contributed by atoms with Gasteiger partial charge in [0.15, 0.2) is 11.5 Å². The van der Waals surface area contributed by atoms with Gasteiger partial charge in [-0.15, -0.1) is 11.6 Å². The topological polar surface area (TPSA) is 18.5 Å². The zero-order valence-electron chi connectivity index (χ0n) is 11.3. The van der Waals surface area contributed by atoms with E-state index in [0.717, 1.165) is 31.6 Å². The fraction of sp³-hybridized carbons (Fsp3) is 0.250. The van der Waals surface area contributed by atoms with Crippen molar-refractivity contribution in [1.29, 1.82) is 0 Å². The minimum Gasteiger partial charge on any atom is -0.486 e. The fourth-order valence-electron chi connectivity index (χ4n) is 2.22. The molecule has 0 saturated heterocycles. The van der Waals surface area contributed by atoms with Crippen LogP contribution in [-0.4, -0.2) is 13.2 Å². The van der Waals surface area contributed by atoms with Gasteiger partial charge in [-0.3, -0.25) is 0 Å². The number of rotatable bonds is 2. The van der Waals surface area contributed by atoms with E-state index in [4.69, 9.17) is 21.1 Å². The first-order valence-electron chi connectivity index (χ1n) is 6.55. The zero-order valence-corrected chi connectivity index (χ0v) is 15.3. The van der Waals surface area contributed by atoms with Crippen LogP contribution in [0.2, 0.25) is 0 Å². The Labute approximate surface area is 145 Å². The van der Waals surface area contributed by atoms with Crippen molar-refractivity contribution in [2.24, 2.45) is 0 Å². The molecular formula is C16H13Br2ClO2. The monoisotopic (exact) mass is 430 g/mol. The molecule has 0 fully saturated rings. The van der Waals surface area contributed by atoms with Crippen LogP contribution >= 0.6 is 43.5 Å². The Hall–Kier alpha value is -0.710. The van der Waals surface area contributed by atoms with Crippen LogP contribution in [0.4, 0.5) is 0 Å². The molecule has 0 N–H and O–H groups in total. The van der Waals surface area contributed by atoms with Gasteiger partial charge in [0, 0.05) is 8.95 Å². The lowest BCUT2D eigenvalue weighted by Gasteiger charge is -2.21. The second kappa shape index (κ2) is 6.19. The van der Waals surface area contributed by atoms with E-state index in [2.05, 4.69) is 50.9 Å². The summed E-state index contributed by atoms with van der Waals surface area (Å²) in [7, 11) is 0. The Bertz CT molecular complexity index is 688. The molecule has 1 aliphatic rings. The Morgan fingerprint density at radius 2 is 1.67 bits per heavy atom. The second-order valence-corrected chi connectivity index (χ2v) is 7.03. The van der Waals surface area contributed by atoms with Gasteiger partial charge in [0.25, 0.3) is 0 Å². The van der Waals surface area contributed by atoms with Crippen molar-refractivity contribution < 1.29 is 9.47 Å². The predicted molar refractivity (Wildman–Crippen MR) is 91.7 cm³/mol. The first-order valence-corrected chi connectivity index (χ1v) is 8.57. The average Bonchev–Trinajstić information content (AvgIpc) is 2.48. The van der Waals surface area contributed by atoms with E-state index in [-0.39, 0.29) is 5.38 Å². The lowest BCUT2D eigenvalue weighted by molar-refractivity contribution is 0.171. The van der Waals surface area contributed by atoms with E-state index in [9.17, 15) is 0 Å². The van der Waals surface area contributed by atoms with Gasteiger partial charge >= 0.3 is 0 Å². The molecule has 0 aliphatic carbocycles. The van der Waals surface area contributed by atoms with E-state index >= 15 is 0 Å². The highest BCUT2D eigenvalue weighted by Crippen LogP contribution is 2.42. The number of aryl methyl sites for hydroxylation is 1. The molecule has 5 heteroatoms. The maximum Gasteiger partial charge on any atom is 0.162 e. The summed E-state index contributed by atoms with van der Waals surface area (Å²) in [6, 6.07) is 10.0. The zero-order chi connectivity index (χ0) is 15.0. The van der Waals surface area contributed by atoms with Crippen LogP contribution in [0.15, 0.2) is 39.3 Å². The minimum absolute atomic E-state index is 0.257. The Morgan fingerprint density at radius 1 is 1.00 bits per heavy atom. The van der Waals surface area contributed by atoms with Gasteiger partial charge in [0.05, 0.1) is 5.38 Å². The molecule has 2 aromatic carbocycles. The van der Waals surface area contributed by atoms with Crippen LogP contribution < -0.4 is 9.47 Å². The standard InChI is InChI=1S/C16H13Br2ClO2/c1-9-2-3-10(6-12(9)17)16(19)11-7-14-15(8-13(11)18)21-5-4-20-14/h2-3,6-8,16H,4-5H2,1H3. The minimum atomic E-state index is -0.257. The molecule has 1 aliphatic heterocycles. The van der Waals surface area contributed by atoms with Crippen molar-refractivity contribution in [3.63, 3.8) is 0 Å². The van der Waals surface area contributed by atoms with Crippen LogP contribution in [0, 0.1) is 6.92 Å². The highest BCUT2D eigenvalue weighted by atomic mass is 79.9. The molecule has 1 heterocycles. The molecule has 21 heavy (non-hydrogen) atoms. The molecule has 0 radical (unpaired) electrons. The SMILES string of the molecule is Cc1ccc(C(Cl)c2cc3c(cc2Br)OCCO3)cc1Br. The summed E-state index contributed by atoms with van der Waals surface area (Å²) < 4.78 is 13.2. The lowest BCUT2D eigenvalue weighted by Crippen LogP contribution is -2.15. The quantitative estimate of drug-likeness (QED) is 0.574. The summed E-state index contributed by atoms with van der Waals surface area (Å²) >= 11 is 13.8. The van der Waals surface area contributed by atoms with Gasteiger partial charge in [-0.25, -0.2) is 0 Å². The Morgan fingerprint density at radius 3 is 2.33 bits per heavy atom. The summed E-state index contributed by atoms with van der Waals surface area (Å²) in [6.45, 7) is 3.20. The maximum atomic E-state index is 6.66. The summed E-state index contributed by atoms with van der Waals surface area (Å²) in [5, 5.41) is -0.257. The van der Waals surface area contributed by atoms with Crippen molar-refractivity contribution in [1.82, 2.24) is 0 Å². The second-order valence-electron chi connectivity index (χ2n) is 4.89. The number of halogens is 3. The van der Waals surface area contributed by atoms with Gasteiger partial charge in [0.1, 0.15) is 13.2 Å². The smallest absolute Gasteiger partial charge is 0.162 e. The van der Waals surface area contributed by atoms with Gasteiger partial charge in [0.2, 0.25) is 0 Å². The molecule has 0 amide bonds. The number of hydrogen-bond donors (Lipinski definition) is 0. The summed E-state index contributed by atoms with van der Waals surface area (Å²) in [5.74, 6) is 1.50. The number of alkyl halides is 1. The molecule has 2 aromatic rings. The first-order chi connectivity index (χ1) is 10.1. The van der Waals surface area contributed by atoms with Crippen LogP contribution in [0.3, 0.4) is 0 Å². The maximum absolute atomic E-state index is 6.66. The average molecular weight is 433 g/mol. The van der Waals surface area contributed by atoms with Gasteiger partial charge in [-0.05, 0) is 41.8 Å². The third-order valence-electron chi connectivity index (χ3n) is 3.42. The molecule has 1 unspecified atom stereocenters. The van der Waals surface area contributed by atoms with Crippen LogP contribution in [0.5, 0.6) is 11.5 Å². The van der Waals surface area contributed by atoms with Crippen molar-refractivity contribution in [2.75, 3.05) is 13.2 Å². The lowest BCUT2D eigenvalue weighted by atomic mass is 10.0. The predicted octanol–water partition coefficient (Wildman–Crippen LogP) is 5.62. The van der Waals surface area contributed by atoms with Crippen LogP contribution in [-0.2, 0) is 0 Å². The Balaban J connectivity index is 2.00. The number of hydrogen-bond acceptors (Lipinski definition) is 2.